The van der Waals surface area contributed by atoms with E-state index < -0.39 is 0 Å². The molecule has 1 amide bonds. The fraction of sp³-hybridized carbons (Fsp3) is 0.467. The maximum atomic E-state index is 12.4. The average molecular weight is 316 g/mol. The van der Waals surface area contributed by atoms with E-state index >= 15 is 0 Å². The van der Waals surface area contributed by atoms with Crippen LogP contribution in [0.1, 0.15) is 17.7 Å². The largest absolute Gasteiger partial charge is 0.341 e. The molecule has 0 aliphatic carbocycles. The number of nitriles is 1. The highest BCUT2D eigenvalue weighted by Gasteiger charge is 2.23. The Morgan fingerprint density at radius 3 is 2.91 bits per heavy atom. The minimum absolute atomic E-state index is 0.00783. The molecule has 0 bridgehead atoms. The maximum Gasteiger partial charge on any atom is 0.262 e. The van der Waals surface area contributed by atoms with E-state index in [4.69, 9.17) is 5.26 Å². The van der Waals surface area contributed by atoms with E-state index in [0.717, 1.165) is 4.88 Å². The lowest BCUT2D eigenvalue weighted by Gasteiger charge is -2.29. The number of nitrogens with zero attached hydrogens (tertiary/aromatic N) is 4. The Morgan fingerprint density at radius 2 is 2.23 bits per heavy atom. The van der Waals surface area contributed by atoms with E-state index in [1.807, 2.05) is 13.0 Å². The molecule has 22 heavy (non-hydrogen) atoms. The maximum absolute atomic E-state index is 12.4. The van der Waals surface area contributed by atoms with Gasteiger partial charge in [0.1, 0.15) is 11.4 Å². The Morgan fingerprint density at radius 1 is 1.50 bits per heavy atom. The fourth-order valence-electron chi connectivity index (χ4n) is 2.70. The predicted octanol–water partition coefficient (Wildman–Crippen LogP) is 1.53. The number of likely N-dealkylation sites (tertiary alicyclic amines) is 1. The zero-order chi connectivity index (χ0) is 15.7. The molecule has 6 nitrogen and oxygen atoms in total. The highest BCUT2D eigenvalue weighted by Crippen LogP contribution is 2.19. The molecule has 2 aromatic heterocycles. The zero-order valence-corrected chi connectivity index (χ0v) is 13.1. The van der Waals surface area contributed by atoms with E-state index in [1.165, 1.54) is 22.2 Å². The summed E-state index contributed by atoms with van der Waals surface area (Å²) >= 11 is 1.47. The van der Waals surface area contributed by atoms with Gasteiger partial charge in [-0.05, 0) is 25.8 Å². The van der Waals surface area contributed by atoms with E-state index in [1.54, 1.807) is 4.90 Å². The molecule has 1 fully saturated rings. The second kappa shape index (κ2) is 5.89. The first-order valence-electron chi connectivity index (χ1n) is 7.21. The number of rotatable bonds is 2. The summed E-state index contributed by atoms with van der Waals surface area (Å²) < 4.78 is 1.37. The first kappa shape index (κ1) is 14.7. The quantitative estimate of drug-likeness (QED) is 0.841. The molecule has 2 aromatic rings. The van der Waals surface area contributed by atoms with Crippen molar-refractivity contribution in [1.82, 2.24) is 14.5 Å². The predicted molar refractivity (Wildman–Crippen MR) is 83.5 cm³/mol. The van der Waals surface area contributed by atoms with Gasteiger partial charge in [0.05, 0.1) is 17.8 Å². The Hall–Kier alpha value is -2.20. The van der Waals surface area contributed by atoms with Crippen molar-refractivity contribution in [1.29, 1.82) is 5.26 Å². The second-order valence-corrected chi connectivity index (χ2v) is 6.77. The van der Waals surface area contributed by atoms with Crippen LogP contribution in [0.3, 0.4) is 0 Å². The van der Waals surface area contributed by atoms with Crippen molar-refractivity contribution in [3.8, 4) is 6.07 Å². The van der Waals surface area contributed by atoms with Crippen LogP contribution >= 0.6 is 11.3 Å². The number of amides is 1. The van der Waals surface area contributed by atoms with Crippen molar-refractivity contribution in [3.05, 3.63) is 27.6 Å². The van der Waals surface area contributed by atoms with E-state index in [9.17, 15) is 9.59 Å². The van der Waals surface area contributed by atoms with Crippen LogP contribution in [-0.4, -0.2) is 33.4 Å². The van der Waals surface area contributed by atoms with Crippen LogP contribution in [0.4, 0.5) is 0 Å². The van der Waals surface area contributed by atoms with Crippen LogP contribution in [-0.2, 0) is 11.3 Å². The highest BCUT2D eigenvalue weighted by atomic mass is 32.1. The summed E-state index contributed by atoms with van der Waals surface area (Å²) in [6.07, 6.45) is 2.86. The summed E-state index contributed by atoms with van der Waals surface area (Å²) in [5, 5.41) is 9.45. The molecule has 0 spiro atoms. The Bertz CT molecular complexity index is 809. The molecule has 0 unspecified atom stereocenters. The first-order valence-corrected chi connectivity index (χ1v) is 8.03. The lowest BCUT2D eigenvalue weighted by atomic mass is 9.99. The zero-order valence-electron chi connectivity index (χ0n) is 12.3. The van der Waals surface area contributed by atoms with Crippen LogP contribution in [0.25, 0.3) is 10.2 Å². The van der Waals surface area contributed by atoms with E-state index in [-0.39, 0.29) is 23.9 Å². The van der Waals surface area contributed by atoms with Gasteiger partial charge in [0, 0.05) is 23.9 Å². The molecule has 0 aromatic carbocycles. The minimum atomic E-state index is -0.172. The molecule has 1 aliphatic rings. The van der Waals surface area contributed by atoms with Crippen molar-refractivity contribution in [3.63, 3.8) is 0 Å². The van der Waals surface area contributed by atoms with Gasteiger partial charge >= 0.3 is 0 Å². The molecule has 3 heterocycles. The fourth-order valence-corrected chi connectivity index (χ4v) is 3.53. The number of aryl methyl sites for hydroxylation is 1. The summed E-state index contributed by atoms with van der Waals surface area (Å²) in [4.78, 5) is 32.4. The molecule has 0 N–H and O–H groups in total. The standard InChI is InChI=1S/C15H16N4O2S/c1-10-6-12-14(22-10)17-9-19(15(12)21)8-13(20)18-4-2-11(7-16)3-5-18/h6,9,11H,2-5,8H2,1H3. The van der Waals surface area contributed by atoms with Crippen LogP contribution < -0.4 is 5.56 Å². The van der Waals surface area contributed by atoms with Crippen LogP contribution in [0.5, 0.6) is 0 Å². The number of fused-ring (bicyclic) bond motifs is 1. The number of piperidine rings is 1. The third-order valence-corrected chi connectivity index (χ3v) is 4.94. The molecule has 7 heteroatoms. The van der Waals surface area contributed by atoms with Crippen molar-refractivity contribution in [2.75, 3.05) is 13.1 Å². The third kappa shape index (κ3) is 2.74. The molecule has 0 radical (unpaired) electrons. The van der Waals surface area contributed by atoms with Gasteiger partial charge in [-0.15, -0.1) is 11.3 Å². The number of thiophene rings is 1. The lowest BCUT2D eigenvalue weighted by Crippen LogP contribution is -2.41. The number of carbonyl (C=O) groups excluding carboxylic acids is 1. The minimum Gasteiger partial charge on any atom is -0.341 e. The molecule has 1 aliphatic heterocycles. The van der Waals surface area contributed by atoms with Crippen LogP contribution in [0.15, 0.2) is 17.2 Å². The molecule has 114 valence electrons. The van der Waals surface area contributed by atoms with Gasteiger partial charge in [0.2, 0.25) is 5.91 Å². The summed E-state index contributed by atoms with van der Waals surface area (Å²) in [6.45, 7) is 3.10. The third-order valence-electron chi connectivity index (χ3n) is 3.98. The summed E-state index contributed by atoms with van der Waals surface area (Å²) in [7, 11) is 0. The lowest BCUT2D eigenvalue weighted by molar-refractivity contribution is -0.133. The van der Waals surface area contributed by atoms with Gasteiger partial charge in [-0.1, -0.05) is 0 Å². The van der Waals surface area contributed by atoms with Crippen LogP contribution in [0.2, 0.25) is 0 Å². The molecule has 0 saturated carbocycles. The molecular formula is C15H16N4O2S. The second-order valence-electron chi connectivity index (χ2n) is 5.54. The van der Waals surface area contributed by atoms with Gasteiger partial charge in [-0.25, -0.2) is 4.98 Å². The SMILES string of the molecule is Cc1cc2c(=O)n(CC(=O)N3CCC(C#N)CC3)cnc2s1. The smallest absolute Gasteiger partial charge is 0.262 e. The number of carbonyl (C=O) groups is 1. The monoisotopic (exact) mass is 316 g/mol. The normalized spacial score (nSPS) is 15.9. The Kier molecular flexibility index (Phi) is 3.94. The van der Waals surface area contributed by atoms with Crippen molar-refractivity contribution in [2.24, 2.45) is 5.92 Å². The van der Waals surface area contributed by atoms with Gasteiger partial charge in [0.25, 0.3) is 5.56 Å². The highest BCUT2D eigenvalue weighted by molar-refractivity contribution is 7.18. The van der Waals surface area contributed by atoms with Gasteiger partial charge in [-0.2, -0.15) is 5.26 Å². The molecule has 0 atom stereocenters. The molecular weight excluding hydrogens is 300 g/mol. The number of hydrogen-bond donors (Lipinski definition) is 0. The first-order chi connectivity index (χ1) is 10.6. The molecule has 1 saturated heterocycles. The summed E-state index contributed by atoms with van der Waals surface area (Å²) in [5.74, 6) is -0.0508. The summed E-state index contributed by atoms with van der Waals surface area (Å²) in [5.41, 5.74) is -0.172. The van der Waals surface area contributed by atoms with Crippen LogP contribution in [0, 0.1) is 24.2 Å². The number of aromatic nitrogens is 2. The Labute approximate surface area is 131 Å². The van der Waals surface area contributed by atoms with E-state index in [2.05, 4.69) is 11.1 Å². The average Bonchev–Trinajstić information content (AvgIpc) is 2.91. The topological polar surface area (TPSA) is 79.0 Å². The van der Waals surface area contributed by atoms with Crippen molar-refractivity contribution in [2.45, 2.75) is 26.3 Å². The van der Waals surface area contributed by atoms with Gasteiger partial charge < -0.3 is 4.90 Å². The summed E-state index contributed by atoms with van der Waals surface area (Å²) in [6, 6.07) is 4.06. The van der Waals surface area contributed by atoms with E-state index in [0.29, 0.717) is 36.1 Å². The van der Waals surface area contributed by atoms with Gasteiger partial charge in [0.15, 0.2) is 0 Å². The number of hydrogen-bond acceptors (Lipinski definition) is 5. The van der Waals surface area contributed by atoms with Gasteiger partial charge in [-0.3, -0.25) is 14.2 Å². The van der Waals surface area contributed by atoms with Crippen molar-refractivity contribution < 1.29 is 4.79 Å². The van der Waals surface area contributed by atoms with Crippen molar-refractivity contribution >= 4 is 27.5 Å². The Balaban J connectivity index is 1.76. The molecule has 3 rings (SSSR count).